The molecule has 0 bridgehead atoms. The van der Waals surface area contributed by atoms with E-state index in [-0.39, 0.29) is 6.10 Å². The summed E-state index contributed by atoms with van der Waals surface area (Å²) in [6.07, 6.45) is 0.535. The number of hydrogen-bond donors (Lipinski definition) is 1. The molecule has 102 valence electrons. The van der Waals surface area contributed by atoms with Crippen molar-refractivity contribution in [3.8, 4) is 0 Å². The summed E-state index contributed by atoms with van der Waals surface area (Å²) in [6, 6.07) is 12.9. The molecule has 0 aromatic heterocycles. The van der Waals surface area contributed by atoms with Gasteiger partial charge in [-0.2, -0.15) is 0 Å². The fraction of sp³-hybridized carbons (Fsp3) is 0.412. The van der Waals surface area contributed by atoms with Crippen LogP contribution in [-0.4, -0.2) is 25.3 Å². The second kappa shape index (κ2) is 5.62. The van der Waals surface area contributed by atoms with Crippen LogP contribution in [0.4, 0.5) is 5.69 Å². The summed E-state index contributed by atoms with van der Waals surface area (Å²) in [5.41, 5.74) is 2.56. The minimum absolute atomic E-state index is 0.262. The van der Waals surface area contributed by atoms with Gasteiger partial charge in [-0.3, -0.25) is 0 Å². The predicted molar refractivity (Wildman–Crippen MR) is 83.0 cm³/mol. The van der Waals surface area contributed by atoms with E-state index in [2.05, 4.69) is 62.3 Å². The van der Waals surface area contributed by atoms with Crippen molar-refractivity contribution in [3.05, 3.63) is 42.0 Å². The van der Waals surface area contributed by atoms with Gasteiger partial charge in [0.05, 0.1) is 6.10 Å². The van der Waals surface area contributed by atoms with Crippen LogP contribution in [0.5, 0.6) is 0 Å². The van der Waals surface area contributed by atoms with Crippen molar-refractivity contribution in [3.63, 3.8) is 0 Å². The zero-order valence-corrected chi connectivity index (χ0v) is 12.2. The van der Waals surface area contributed by atoms with Gasteiger partial charge in [0, 0.05) is 25.2 Å². The minimum Gasteiger partial charge on any atom is -0.393 e. The summed E-state index contributed by atoms with van der Waals surface area (Å²) >= 11 is 0. The zero-order chi connectivity index (χ0) is 14.0. The molecular weight excluding hydrogens is 234 g/mol. The third-order valence-corrected chi connectivity index (χ3v) is 3.64. The Morgan fingerprint density at radius 3 is 2.26 bits per heavy atom. The van der Waals surface area contributed by atoms with Gasteiger partial charge in [-0.15, -0.1) is 0 Å². The molecule has 0 aliphatic rings. The van der Waals surface area contributed by atoms with Crippen molar-refractivity contribution in [1.82, 2.24) is 0 Å². The molecule has 2 rings (SSSR count). The van der Waals surface area contributed by atoms with E-state index < -0.39 is 0 Å². The van der Waals surface area contributed by atoms with E-state index in [1.165, 1.54) is 22.0 Å². The third kappa shape index (κ3) is 2.90. The topological polar surface area (TPSA) is 23.5 Å². The minimum atomic E-state index is -0.262. The lowest BCUT2D eigenvalue weighted by Crippen LogP contribution is -2.10. The maximum absolute atomic E-state index is 9.59. The van der Waals surface area contributed by atoms with Crippen molar-refractivity contribution in [2.75, 3.05) is 19.0 Å². The summed E-state index contributed by atoms with van der Waals surface area (Å²) in [7, 11) is 4.14. The first-order valence-corrected chi connectivity index (χ1v) is 6.87. The number of rotatable bonds is 4. The standard InChI is InChI=1S/C17H23NO/c1-12(11-13(2)19)14-7-5-9-16-15(14)8-6-10-17(16)18(3)4/h5-10,12-13,19H,11H2,1-4H3. The maximum Gasteiger partial charge on any atom is 0.0517 e. The summed E-state index contributed by atoms with van der Waals surface area (Å²) in [5, 5.41) is 12.2. The Bertz CT molecular complexity index is 560. The van der Waals surface area contributed by atoms with E-state index in [1.807, 2.05) is 6.92 Å². The Morgan fingerprint density at radius 1 is 1.00 bits per heavy atom. The van der Waals surface area contributed by atoms with Crippen molar-refractivity contribution in [2.45, 2.75) is 32.3 Å². The Hall–Kier alpha value is -1.54. The fourth-order valence-electron chi connectivity index (χ4n) is 2.78. The SMILES string of the molecule is CC(O)CC(C)c1cccc2c(N(C)C)cccc12. The Labute approximate surface area is 115 Å². The van der Waals surface area contributed by atoms with Gasteiger partial charge in [0.2, 0.25) is 0 Å². The van der Waals surface area contributed by atoms with E-state index >= 15 is 0 Å². The molecule has 0 saturated carbocycles. The molecule has 0 fully saturated rings. The first-order valence-electron chi connectivity index (χ1n) is 6.87. The predicted octanol–water partition coefficient (Wildman–Crippen LogP) is 3.78. The molecule has 0 spiro atoms. The van der Waals surface area contributed by atoms with E-state index in [4.69, 9.17) is 0 Å². The van der Waals surface area contributed by atoms with E-state index in [1.54, 1.807) is 0 Å². The van der Waals surface area contributed by atoms with Gasteiger partial charge < -0.3 is 10.0 Å². The largest absolute Gasteiger partial charge is 0.393 e. The molecule has 1 N–H and O–H groups in total. The van der Waals surface area contributed by atoms with Gasteiger partial charge >= 0.3 is 0 Å². The highest BCUT2D eigenvalue weighted by Gasteiger charge is 2.13. The molecule has 2 atom stereocenters. The molecule has 2 unspecified atom stereocenters. The summed E-state index contributed by atoms with van der Waals surface area (Å²) < 4.78 is 0. The zero-order valence-electron chi connectivity index (χ0n) is 12.2. The van der Waals surface area contributed by atoms with Crippen LogP contribution in [0.25, 0.3) is 10.8 Å². The normalized spacial score (nSPS) is 14.4. The average molecular weight is 257 g/mol. The summed E-state index contributed by atoms with van der Waals surface area (Å²) in [5.74, 6) is 0.362. The molecule has 0 aliphatic heterocycles. The molecule has 2 aromatic carbocycles. The molecule has 0 saturated heterocycles. The highest BCUT2D eigenvalue weighted by atomic mass is 16.3. The smallest absolute Gasteiger partial charge is 0.0517 e. The molecule has 0 heterocycles. The number of hydrogen-bond acceptors (Lipinski definition) is 2. The molecular formula is C17H23NO. The van der Waals surface area contributed by atoms with Gasteiger partial charge in [0.15, 0.2) is 0 Å². The Kier molecular flexibility index (Phi) is 4.11. The van der Waals surface area contributed by atoms with Crippen LogP contribution in [-0.2, 0) is 0 Å². The second-order valence-corrected chi connectivity index (χ2v) is 5.60. The van der Waals surface area contributed by atoms with Crippen LogP contribution in [0, 0.1) is 0 Å². The Morgan fingerprint density at radius 2 is 1.63 bits per heavy atom. The second-order valence-electron chi connectivity index (χ2n) is 5.60. The van der Waals surface area contributed by atoms with Gasteiger partial charge in [-0.25, -0.2) is 0 Å². The number of aliphatic hydroxyl groups is 1. The number of anilines is 1. The lowest BCUT2D eigenvalue weighted by Gasteiger charge is -2.20. The van der Waals surface area contributed by atoms with Crippen molar-refractivity contribution >= 4 is 16.5 Å². The number of benzene rings is 2. The van der Waals surface area contributed by atoms with Crippen LogP contribution >= 0.6 is 0 Å². The highest BCUT2D eigenvalue weighted by molar-refractivity contribution is 5.96. The molecule has 0 amide bonds. The van der Waals surface area contributed by atoms with E-state index in [0.29, 0.717) is 5.92 Å². The fourth-order valence-corrected chi connectivity index (χ4v) is 2.78. The maximum atomic E-state index is 9.59. The summed E-state index contributed by atoms with van der Waals surface area (Å²) in [4.78, 5) is 2.14. The van der Waals surface area contributed by atoms with Gasteiger partial charge in [-0.1, -0.05) is 37.3 Å². The van der Waals surface area contributed by atoms with E-state index in [0.717, 1.165) is 6.42 Å². The van der Waals surface area contributed by atoms with Crippen molar-refractivity contribution in [2.24, 2.45) is 0 Å². The van der Waals surface area contributed by atoms with Gasteiger partial charge in [0.1, 0.15) is 0 Å². The first-order chi connectivity index (χ1) is 9.00. The number of aliphatic hydroxyl groups excluding tert-OH is 1. The number of fused-ring (bicyclic) bond motifs is 1. The third-order valence-electron chi connectivity index (χ3n) is 3.64. The molecule has 0 radical (unpaired) electrons. The molecule has 2 heteroatoms. The quantitative estimate of drug-likeness (QED) is 0.901. The summed E-state index contributed by atoms with van der Waals surface area (Å²) in [6.45, 7) is 4.04. The lowest BCUT2D eigenvalue weighted by atomic mass is 9.90. The van der Waals surface area contributed by atoms with Crippen molar-refractivity contribution < 1.29 is 5.11 Å². The van der Waals surface area contributed by atoms with Crippen LogP contribution < -0.4 is 4.90 Å². The van der Waals surface area contributed by atoms with Gasteiger partial charge in [-0.05, 0) is 36.3 Å². The molecule has 0 aliphatic carbocycles. The van der Waals surface area contributed by atoms with Crippen LogP contribution in [0.3, 0.4) is 0 Å². The molecule has 2 aromatic rings. The van der Waals surface area contributed by atoms with Crippen LogP contribution in [0.15, 0.2) is 36.4 Å². The Balaban J connectivity index is 2.55. The monoisotopic (exact) mass is 257 g/mol. The average Bonchev–Trinajstić information content (AvgIpc) is 2.36. The van der Waals surface area contributed by atoms with Crippen molar-refractivity contribution in [1.29, 1.82) is 0 Å². The van der Waals surface area contributed by atoms with Crippen LogP contribution in [0.1, 0.15) is 31.7 Å². The lowest BCUT2D eigenvalue weighted by molar-refractivity contribution is 0.177. The van der Waals surface area contributed by atoms with Crippen LogP contribution in [0.2, 0.25) is 0 Å². The molecule has 19 heavy (non-hydrogen) atoms. The highest BCUT2D eigenvalue weighted by Crippen LogP contribution is 2.32. The first kappa shape index (κ1) is 13.9. The van der Waals surface area contributed by atoms with Gasteiger partial charge in [0.25, 0.3) is 0 Å². The number of nitrogens with zero attached hydrogens (tertiary/aromatic N) is 1. The molecule has 2 nitrogen and oxygen atoms in total. The van der Waals surface area contributed by atoms with E-state index in [9.17, 15) is 5.11 Å².